The summed E-state index contributed by atoms with van der Waals surface area (Å²) in [5.74, 6) is -0.770. The zero-order valence-electron chi connectivity index (χ0n) is 12.5. The molecule has 1 rings (SSSR count). The van der Waals surface area contributed by atoms with Crippen LogP contribution in [0.25, 0.3) is 0 Å². The second-order valence-corrected chi connectivity index (χ2v) is 3.97. The number of carbonyl (C=O) groups excluding carboxylic acids is 3. The van der Waals surface area contributed by atoms with Gasteiger partial charge in [-0.1, -0.05) is 7.43 Å². The summed E-state index contributed by atoms with van der Waals surface area (Å²) in [5.41, 5.74) is 0.173. The standard InChI is InChI=1S/C10H11N3O4.C3H7NO.CH4/c1-11-9(14)6-12-10(15)7-2-4-8(5-3-7)13(16)17;1-3(5)4-2;/h2-5H,6H2,1H3,(H,11,14)(H,12,15);1-2H3,(H,4,5);1H4. The third-order valence-corrected chi connectivity index (χ3v) is 2.38. The summed E-state index contributed by atoms with van der Waals surface area (Å²) in [5, 5.41) is 17.5. The molecule has 1 aromatic rings. The molecule has 0 aromatic heterocycles. The number of nitrogens with one attached hydrogen (secondary N) is 3. The molecule has 3 N–H and O–H groups in total. The number of hydrogen-bond acceptors (Lipinski definition) is 5. The first kappa shape index (κ1) is 22.3. The van der Waals surface area contributed by atoms with Gasteiger partial charge in [-0.3, -0.25) is 24.5 Å². The number of amides is 3. The Morgan fingerprint density at radius 3 is 1.91 bits per heavy atom. The van der Waals surface area contributed by atoms with Crippen LogP contribution in [-0.4, -0.2) is 43.3 Å². The van der Waals surface area contributed by atoms with Crippen molar-refractivity contribution in [1.82, 2.24) is 16.0 Å². The lowest BCUT2D eigenvalue weighted by Crippen LogP contribution is -2.35. The largest absolute Gasteiger partial charge is 0.359 e. The minimum absolute atomic E-state index is 0. The molecular formula is C14H22N4O5. The van der Waals surface area contributed by atoms with E-state index in [0.717, 1.165) is 0 Å². The van der Waals surface area contributed by atoms with E-state index in [4.69, 9.17) is 0 Å². The first-order chi connectivity index (χ1) is 10.3. The van der Waals surface area contributed by atoms with Crippen LogP contribution in [0.3, 0.4) is 0 Å². The highest BCUT2D eigenvalue weighted by atomic mass is 16.6. The van der Waals surface area contributed by atoms with Crippen molar-refractivity contribution in [3.05, 3.63) is 39.9 Å². The fourth-order valence-corrected chi connectivity index (χ4v) is 1.09. The van der Waals surface area contributed by atoms with Crippen LogP contribution >= 0.6 is 0 Å². The number of nitro benzene ring substituents is 1. The van der Waals surface area contributed by atoms with Crippen molar-refractivity contribution in [3.63, 3.8) is 0 Å². The quantitative estimate of drug-likeness (QED) is 0.546. The Labute approximate surface area is 134 Å². The summed E-state index contributed by atoms with van der Waals surface area (Å²) in [7, 11) is 3.06. The van der Waals surface area contributed by atoms with Crippen LogP contribution in [0.1, 0.15) is 24.7 Å². The molecule has 0 saturated carbocycles. The molecule has 1 aromatic carbocycles. The van der Waals surface area contributed by atoms with Gasteiger partial charge in [0.15, 0.2) is 0 Å². The van der Waals surface area contributed by atoms with Gasteiger partial charge in [0.2, 0.25) is 11.8 Å². The fourth-order valence-electron chi connectivity index (χ4n) is 1.09. The van der Waals surface area contributed by atoms with Crippen LogP contribution in [0.15, 0.2) is 24.3 Å². The lowest BCUT2D eigenvalue weighted by Gasteiger charge is -2.03. The van der Waals surface area contributed by atoms with Crippen LogP contribution in [0.4, 0.5) is 5.69 Å². The number of benzene rings is 1. The zero-order valence-corrected chi connectivity index (χ0v) is 12.5. The van der Waals surface area contributed by atoms with Crippen LogP contribution in [0.5, 0.6) is 0 Å². The third-order valence-electron chi connectivity index (χ3n) is 2.38. The van der Waals surface area contributed by atoms with E-state index >= 15 is 0 Å². The number of nitrogens with zero attached hydrogens (tertiary/aromatic N) is 1. The molecule has 0 heterocycles. The van der Waals surface area contributed by atoms with Crippen LogP contribution in [0, 0.1) is 10.1 Å². The highest BCUT2D eigenvalue weighted by Gasteiger charge is 2.09. The van der Waals surface area contributed by atoms with Crippen molar-refractivity contribution in [3.8, 4) is 0 Å². The Kier molecular flexibility index (Phi) is 11.3. The second kappa shape index (κ2) is 11.7. The van der Waals surface area contributed by atoms with Gasteiger partial charge in [0.05, 0.1) is 11.5 Å². The van der Waals surface area contributed by atoms with Gasteiger partial charge in [0.25, 0.3) is 11.6 Å². The Balaban J connectivity index is 0. The summed E-state index contributed by atoms with van der Waals surface area (Å²) >= 11 is 0. The summed E-state index contributed by atoms with van der Waals surface area (Å²) < 4.78 is 0. The molecule has 0 aliphatic heterocycles. The van der Waals surface area contributed by atoms with E-state index in [0.29, 0.717) is 0 Å². The SMILES string of the molecule is C.CNC(=O)CNC(=O)c1ccc([N+](=O)[O-])cc1.CNC(C)=O. The molecule has 0 spiro atoms. The maximum atomic E-state index is 11.5. The molecule has 23 heavy (non-hydrogen) atoms. The van der Waals surface area contributed by atoms with Crippen molar-refractivity contribution < 1.29 is 19.3 Å². The molecule has 0 fully saturated rings. The van der Waals surface area contributed by atoms with Crippen molar-refractivity contribution >= 4 is 23.4 Å². The molecule has 9 heteroatoms. The molecular weight excluding hydrogens is 304 g/mol. The van der Waals surface area contributed by atoms with E-state index in [2.05, 4.69) is 16.0 Å². The lowest BCUT2D eigenvalue weighted by molar-refractivity contribution is -0.384. The number of hydrogen-bond donors (Lipinski definition) is 3. The fraction of sp³-hybridized carbons (Fsp3) is 0.357. The molecule has 128 valence electrons. The minimum atomic E-state index is -0.549. The normalized spacial score (nSPS) is 8.48. The molecule has 0 aliphatic carbocycles. The van der Waals surface area contributed by atoms with Gasteiger partial charge < -0.3 is 16.0 Å². The van der Waals surface area contributed by atoms with Crippen LogP contribution < -0.4 is 16.0 Å². The number of rotatable bonds is 4. The maximum absolute atomic E-state index is 11.5. The highest BCUT2D eigenvalue weighted by molar-refractivity contribution is 5.96. The van der Waals surface area contributed by atoms with Gasteiger partial charge >= 0.3 is 0 Å². The Morgan fingerprint density at radius 1 is 1.09 bits per heavy atom. The van der Waals surface area contributed by atoms with Crippen LogP contribution in [0.2, 0.25) is 0 Å². The number of likely N-dealkylation sites (N-methyl/N-ethyl adjacent to an activating group) is 1. The van der Waals surface area contributed by atoms with Crippen molar-refractivity contribution in [2.24, 2.45) is 0 Å². The Bertz CT molecular complexity index is 543. The predicted molar refractivity (Wildman–Crippen MR) is 86.0 cm³/mol. The highest BCUT2D eigenvalue weighted by Crippen LogP contribution is 2.11. The third kappa shape index (κ3) is 9.56. The average molecular weight is 326 g/mol. The van der Waals surface area contributed by atoms with E-state index in [1.165, 1.54) is 38.2 Å². The van der Waals surface area contributed by atoms with Crippen molar-refractivity contribution in [2.45, 2.75) is 14.4 Å². The van der Waals surface area contributed by atoms with Crippen molar-refractivity contribution in [2.75, 3.05) is 20.6 Å². The molecule has 0 bridgehead atoms. The minimum Gasteiger partial charge on any atom is -0.359 e. The van der Waals surface area contributed by atoms with E-state index < -0.39 is 10.8 Å². The lowest BCUT2D eigenvalue weighted by atomic mass is 10.2. The van der Waals surface area contributed by atoms with Gasteiger partial charge in [-0.05, 0) is 12.1 Å². The molecule has 0 saturated heterocycles. The summed E-state index contributed by atoms with van der Waals surface area (Å²) in [6.45, 7) is 1.34. The van der Waals surface area contributed by atoms with E-state index in [1.54, 1.807) is 7.05 Å². The van der Waals surface area contributed by atoms with E-state index in [9.17, 15) is 24.5 Å². The van der Waals surface area contributed by atoms with Crippen molar-refractivity contribution in [1.29, 1.82) is 0 Å². The van der Waals surface area contributed by atoms with Gasteiger partial charge in [0, 0.05) is 38.7 Å². The summed E-state index contributed by atoms with van der Waals surface area (Å²) in [6.07, 6.45) is 0. The molecule has 0 aliphatic rings. The van der Waals surface area contributed by atoms with E-state index in [-0.39, 0.29) is 37.0 Å². The van der Waals surface area contributed by atoms with E-state index in [1.807, 2.05) is 0 Å². The summed E-state index contributed by atoms with van der Waals surface area (Å²) in [4.78, 5) is 41.9. The topological polar surface area (TPSA) is 130 Å². The van der Waals surface area contributed by atoms with Gasteiger partial charge in [-0.15, -0.1) is 0 Å². The molecule has 0 radical (unpaired) electrons. The Hall–Kier alpha value is -2.97. The molecule has 3 amide bonds. The van der Waals surface area contributed by atoms with Gasteiger partial charge in [-0.2, -0.15) is 0 Å². The number of non-ortho nitro benzene ring substituents is 1. The number of carbonyl (C=O) groups is 3. The smallest absolute Gasteiger partial charge is 0.269 e. The predicted octanol–water partition coefficient (Wildman–Crippen LogP) is 0.459. The molecule has 0 atom stereocenters. The zero-order chi connectivity index (χ0) is 17.1. The summed E-state index contributed by atoms with van der Waals surface area (Å²) in [6, 6.07) is 5.12. The van der Waals surface area contributed by atoms with Gasteiger partial charge in [-0.25, -0.2) is 0 Å². The maximum Gasteiger partial charge on any atom is 0.269 e. The van der Waals surface area contributed by atoms with Crippen LogP contribution in [-0.2, 0) is 9.59 Å². The molecule has 9 nitrogen and oxygen atoms in total. The second-order valence-electron chi connectivity index (χ2n) is 3.97. The molecule has 0 unspecified atom stereocenters. The first-order valence-corrected chi connectivity index (χ1v) is 6.23. The first-order valence-electron chi connectivity index (χ1n) is 6.23. The van der Waals surface area contributed by atoms with Gasteiger partial charge in [0.1, 0.15) is 0 Å². The Morgan fingerprint density at radius 2 is 1.57 bits per heavy atom. The monoisotopic (exact) mass is 326 g/mol. The average Bonchev–Trinajstić information content (AvgIpc) is 2.52. The number of nitro groups is 1.